The summed E-state index contributed by atoms with van der Waals surface area (Å²) >= 11 is 6.16. The van der Waals surface area contributed by atoms with Gasteiger partial charge in [0.1, 0.15) is 0 Å². The fourth-order valence-electron chi connectivity index (χ4n) is 2.56. The van der Waals surface area contributed by atoms with E-state index in [9.17, 15) is 0 Å². The minimum Gasteiger partial charge on any atom is -0.217 e. The molecule has 0 N–H and O–H groups in total. The molecule has 3 heteroatoms. The zero-order valence-corrected chi connectivity index (χ0v) is 13.0. The predicted octanol–water partition coefficient (Wildman–Crippen LogP) is 5.63. The van der Waals surface area contributed by atoms with Gasteiger partial charge in [0.2, 0.25) is 5.28 Å². The van der Waals surface area contributed by atoms with Crippen LogP contribution in [0.4, 0.5) is 0 Å². The molecule has 0 aliphatic rings. The van der Waals surface area contributed by atoms with E-state index in [1.165, 1.54) is 0 Å². The Hall–Kier alpha value is -2.45. The fourth-order valence-corrected chi connectivity index (χ4v) is 2.73. The number of allylic oxidation sites excluding steroid dienone is 1. The molecule has 0 aliphatic heterocycles. The van der Waals surface area contributed by atoms with Crippen molar-refractivity contribution in [2.75, 3.05) is 0 Å². The van der Waals surface area contributed by atoms with E-state index >= 15 is 0 Å². The molecule has 0 amide bonds. The molecule has 0 spiro atoms. The highest BCUT2D eigenvalue weighted by Gasteiger charge is 2.12. The molecular formula is C19H15ClN2. The Kier molecular flexibility index (Phi) is 4.03. The maximum atomic E-state index is 6.16. The highest BCUT2D eigenvalue weighted by atomic mass is 35.5. The highest BCUT2D eigenvalue weighted by Crippen LogP contribution is 2.31. The zero-order valence-electron chi connectivity index (χ0n) is 12.3. The molecule has 2 nitrogen and oxygen atoms in total. The quantitative estimate of drug-likeness (QED) is 0.586. The Bertz CT molecular complexity index is 867. The normalized spacial score (nSPS) is 11.2. The van der Waals surface area contributed by atoms with Crippen molar-refractivity contribution in [3.8, 4) is 11.3 Å². The van der Waals surface area contributed by atoms with Crippen LogP contribution in [0, 0.1) is 0 Å². The summed E-state index contributed by atoms with van der Waals surface area (Å²) in [5.74, 6) is 0. The van der Waals surface area contributed by atoms with Crippen LogP contribution >= 0.6 is 11.6 Å². The van der Waals surface area contributed by atoms with Gasteiger partial charge in [-0.05, 0) is 30.2 Å². The Morgan fingerprint density at radius 3 is 2.50 bits per heavy atom. The van der Waals surface area contributed by atoms with E-state index in [2.05, 4.69) is 22.6 Å². The molecule has 22 heavy (non-hydrogen) atoms. The summed E-state index contributed by atoms with van der Waals surface area (Å²) in [7, 11) is 0. The summed E-state index contributed by atoms with van der Waals surface area (Å²) < 4.78 is 0. The number of nitrogens with zero attached hydrogens (tertiary/aromatic N) is 2. The minimum absolute atomic E-state index is 0.243. The number of halogens is 1. The second-order valence-electron chi connectivity index (χ2n) is 4.88. The third kappa shape index (κ3) is 2.53. The summed E-state index contributed by atoms with van der Waals surface area (Å²) in [5, 5.41) is 1.21. The van der Waals surface area contributed by atoms with Crippen molar-refractivity contribution in [3.05, 3.63) is 71.5 Å². The number of fused-ring (bicyclic) bond motifs is 1. The predicted molar refractivity (Wildman–Crippen MR) is 94.8 cm³/mol. The average molecular weight is 307 g/mol. The molecule has 2 aromatic carbocycles. The summed E-state index contributed by atoms with van der Waals surface area (Å²) in [5.41, 5.74) is 4.72. The Morgan fingerprint density at radius 2 is 1.82 bits per heavy atom. The van der Waals surface area contributed by atoms with Crippen molar-refractivity contribution in [2.45, 2.75) is 6.92 Å². The van der Waals surface area contributed by atoms with Crippen LogP contribution < -0.4 is 0 Å². The first-order valence-electron chi connectivity index (χ1n) is 7.05. The molecule has 0 bridgehead atoms. The lowest BCUT2D eigenvalue weighted by Crippen LogP contribution is -1.95. The van der Waals surface area contributed by atoms with Gasteiger partial charge in [0.15, 0.2) is 0 Å². The smallest absolute Gasteiger partial charge is 0.217 e. The van der Waals surface area contributed by atoms with Crippen molar-refractivity contribution < 1.29 is 0 Å². The molecular weight excluding hydrogens is 292 g/mol. The van der Waals surface area contributed by atoms with E-state index in [0.29, 0.717) is 0 Å². The third-order valence-corrected chi connectivity index (χ3v) is 3.68. The van der Waals surface area contributed by atoms with Gasteiger partial charge in [0.25, 0.3) is 0 Å². The molecule has 0 unspecified atom stereocenters. The first-order valence-corrected chi connectivity index (χ1v) is 7.43. The number of hydrogen-bond donors (Lipinski definition) is 0. The molecule has 1 aromatic heterocycles. The molecule has 0 radical (unpaired) electrons. The van der Waals surface area contributed by atoms with E-state index in [0.717, 1.165) is 33.3 Å². The second kappa shape index (κ2) is 6.12. The Balaban J connectivity index is 2.39. The summed E-state index contributed by atoms with van der Waals surface area (Å²) in [6.45, 7) is 5.90. The van der Waals surface area contributed by atoms with Crippen molar-refractivity contribution in [3.63, 3.8) is 0 Å². The molecule has 0 saturated carbocycles. The van der Waals surface area contributed by atoms with Crippen LogP contribution in [0.5, 0.6) is 0 Å². The van der Waals surface area contributed by atoms with Crippen LogP contribution in [0.1, 0.15) is 18.1 Å². The average Bonchev–Trinajstić information content (AvgIpc) is 2.55. The zero-order chi connectivity index (χ0) is 15.5. The number of benzene rings is 2. The molecule has 0 fully saturated rings. The van der Waals surface area contributed by atoms with Crippen LogP contribution in [0.25, 0.3) is 34.3 Å². The summed E-state index contributed by atoms with van der Waals surface area (Å²) in [4.78, 5) is 8.85. The molecule has 108 valence electrons. The van der Waals surface area contributed by atoms with Gasteiger partial charge in [-0.1, -0.05) is 61.2 Å². The van der Waals surface area contributed by atoms with Crippen molar-refractivity contribution in [1.82, 2.24) is 9.97 Å². The van der Waals surface area contributed by atoms with E-state index in [1.807, 2.05) is 61.5 Å². The van der Waals surface area contributed by atoms with E-state index in [1.54, 1.807) is 0 Å². The lowest BCUT2D eigenvalue weighted by Gasteiger charge is -2.10. The summed E-state index contributed by atoms with van der Waals surface area (Å²) in [6.07, 6.45) is 5.85. The highest BCUT2D eigenvalue weighted by molar-refractivity contribution is 6.29. The standard InChI is InChI=1S/C19H15ClN2/c1-3-8-13-11-12-16-17(14-9-6-5-7-10-14)21-19(20)22-18(16)15(13)4-2/h3-12H,2H2,1H3/b8-3-. The number of aromatic nitrogens is 2. The van der Waals surface area contributed by atoms with E-state index in [-0.39, 0.29) is 5.28 Å². The first-order chi connectivity index (χ1) is 10.7. The topological polar surface area (TPSA) is 25.8 Å². The lowest BCUT2D eigenvalue weighted by atomic mass is 9.99. The molecule has 0 aliphatic carbocycles. The van der Waals surface area contributed by atoms with Crippen LogP contribution in [0.3, 0.4) is 0 Å². The molecule has 0 saturated heterocycles. The van der Waals surface area contributed by atoms with E-state index in [4.69, 9.17) is 11.6 Å². The maximum absolute atomic E-state index is 6.16. The van der Waals surface area contributed by atoms with Crippen LogP contribution in [0.2, 0.25) is 5.28 Å². The molecule has 3 rings (SSSR count). The molecule has 3 aromatic rings. The molecule has 0 atom stereocenters. The Labute approximate surface area is 134 Å². The largest absolute Gasteiger partial charge is 0.223 e. The van der Waals surface area contributed by atoms with Gasteiger partial charge in [-0.3, -0.25) is 0 Å². The lowest BCUT2D eigenvalue weighted by molar-refractivity contribution is 1.22. The summed E-state index contributed by atoms with van der Waals surface area (Å²) in [6, 6.07) is 14.1. The van der Waals surface area contributed by atoms with Gasteiger partial charge in [-0.15, -0.1) is 0 Å². The van der Waals surface area contributed by atoms with Gasteiger partial charge in [0, 0.05) is 16.5 Å². The van der Waals surface area contributed by atoms with E-state index < -0.39 is 0 Å². The Morgan fingerprint density at radius 1 is 1.05 bits per heavy atom. The fraction of sp³-hybridized carbons (Fsp3) is 0.0526. The van der Waals surface area contributed by atoms with Gasteiger partial charge < -0.3 is 0 Å². The van der Waals surface area contributed by atoms with Gasteiger partial charge in [-0.25, -0.2) is 9.97 Å². The number of rotatable bonds is 3. The van der Waals surface area contributed by atoms with Crippen LogP contribution in [-0.4, -0.2) is 9.97 Å². The van der Waals surface area contributed by atoms with Crippen LogP contribution in [-0.2, 0) is 0 Å². The van der Waals surface area contributed by atoms with Crippen molar-refractivity contribution >= 4 is 34.7 Å². The first kappa shape index (κ1) is 14.5. The van der Waals surface area contributed by atoms with Gasteiger partial charge in [-0.2, -0.15) is 0 Å². The van der Waals surface area contributed by atoms with Gasteiger partial charge in [0.05, 0.1) is 11.2 Å². The third-order valence-electron chi connectivity index (χ3n) is 3.51. The maximum Gasteiger partial charge on any atom is 0.223 e. The molecule has 1 heterocycles. The SMILES string of the molecule is C=Cc1c(/C=C\C)ccc2c(-c3ccccc3)nc(Cl)nc12. The van der Waals surface area contributed by atoms with Gasteiger partial charge >= 0.3 is 0 Å². The minimum atomic E-state index is 0.243. The monoisotopic (exact) mass is 306 g/mol. The number of hydrogen-bond acceptors (Lipinski definition) is 2. The second-order valence-corrected chi connectivity index (χ2v) is 5.21. The van der Waals surface area contributed by atoms with Crippen LogP contribution in [0.15, 0.2) is 55.1 Å². The van der Waals surface area contributed by atoms with Crippen molar-refractivity contribution in [2.24, 2.45) is 0 Å². The van der Waals surface area contributed by atoms with Crippen molar-refractivity contribution in [1.29, 1.82) is 0 Å².